The van der Waals surface area contributed by atoms with Gasteiger partial charge in [0.15, 0.2) is 0 Å². The van der Waals surface area contributed by atoms with Crippen LogP contribution in [0.1, 0.15) is 38.1 Å². The smallest absolute Gasteiger partial charge is 0.0672 e. The van der Waals surface area contributed by atoms with Gasteiger partial charge < -0.3 is 5.32 Å². The molecular formula is C16H22ClN3. The lowest BCUT2D eigenvalue weighted by atomic mass is 10.0. The second kappa shape index (κ2) is 6.42. The zero-order valence-corrected chi connectivity index (χ0v) is 13.3. The monoisotopic (exact) mass is 291 g/mol. The quantitative estimate of drug-likeness (QED) is 0.894. The first-order valence-electron chi connectivity index (χ1n) is 7.08. The molecular weight excluding hydrogens is 270 g/mol. The minimum atomic E-state index is 0.367. The molecule has 0 unspecified atom stereocenters. The van der Waals surface area contributed by atoms with Gasteiger partial charge in [-0.3, -0.25) is 4.68 Å². The highest BCUT2D eigenvalue weighted by atomic mass is 35.5. The maximum absolute atomic E-state index is 6.37. The standard InChI is InChI=1S/C16H22ClN3/c1-5-18-9-14-7-6-13(8-16(14)17)15-10-20(11(2)3)19-12(15)4/h6-8,10-11,18H,5,9H2,1-4H3. The van der Waals surface area contributed by atoms with Crippen LogP contribution in [-0.4, -0.2) is 16.3 Å². The molecule has 0 aliphatic heterocycles. The number of aryl methyl sites for hydroxylation is 1. The van der Waals surface area contributed by atoms with Gasteiger partial charge in [0.1, 0.15) is 0 Å². The van der Waals surface area contributed by atoms with E-state index in [9.17, 15) is 0 Å². The minimum absolute atomic E-state index is 0.367. The highest BCUT2D eigenvalue weighted by Gasteiger charge is 2.10. The first-order valence-corrected chi connectivity index (χ1v) is 7.46. The summed E-state index contributed by atoms with van der Waals surface area (Å²) in [7, 11) is 0. The van der Waals surface area contributed by atoms with E-state index >= 15 is 0 Å². The molecule has 0 radical (unpaired) electrons. The van der Waals surface area contributed by atoms with Crippen molar-refractivity contribution in [2.45, 2.75) is 40.3 Å². The predicted octanol–water partition coefficient (Wildman–Crippen LogP) is 4.20. The number of halogens is 1. The summed E-state index contributed by atoms with van der Waals surface area (Å²) in [5.41, 5.74) is 4.44. The van der Waals surface area contributed by atoms with Crippen molar-refractivity contribution < 1.29 is 0 Å². The average Bonchev–Trinajstić information content (AvgIpc) is 2.79. The van der Waals surface area contributed by atoms with Gasteiger partial charge in [-0.05, 0) is 44.5 Å². The summed E-state index contributed by atoms with van der Waals surface area (Å²) in [6.07, 6.45) is 2.09. The molecule has 0 saturated carbocycles. The molecule has 0 fully saturated rings. The van der Waals surface area contributed by atoms with Gasteiger partial charge in [-0.25, -0.2) is 0 Å². The number of rotatable bonds is 5. The van der Waals surface area contributed by atoms with E-state index in [1.165, 1.54) is 0 Å². The third kappa shape index (κ3) is 3.22. The largest absolute Gasteiger partial charge is 0.313 e. The lowest BCUT2D eigenvalue weighted by Gasteiger charge is -2.07. The van der Waals surface area contributed by atoms with Crippen molar-refractivity contribution >= 4 is 11.6 Å². The van der Waals surface area contributed by atoms with Gasteiger partial charge in [-0.1, -0.05) is 30.7 Å². The number of nitrogens with one attached hydrogen (secondary N) is 1. The van der Waals surface area contributed by atoms with Crippen LogP contribution < -0.4 is 5.32 Å². The van der Waals surface area contributed by atoms with E-state index in [2.05, 4.69) is 49.5 Å². The first kappa shape index (κ1) is 15.1. The van der Waals surface area contributed by atoms with Crippen LogP contribution in [0.5, 0.6) is 0 Å². The Labute approximate surface area is 126 Å². The van der Waals surface area contributed by atoms with Gasteiger partial charge in [-0.15, -0.1) is 0 Å². The van der Waals surface area contributed by atoms with E-state index < -0.39 is 0 Å². The molecule has 3 nitrogen and oxygen atoms in total. The first-order chi connectivity index (χ1) is 9.52. The second-order valence-corrected chi connectivity index (χ2v) is 5.70. The van der Waals surface area contributed by atoms with Crippen LogP contribution in [0.3, 0.4) is 0 Å². The van der Waals surface area contributed by atoms with E-state index in [4.69, 9.17) is 11.6 Å². The Bertz CT molecular complexity index is 587. The SMILES string of the molecule is CCNCc1ccc(-c2cn(C(C)C)nc2C)cc1Cl. The highest BCUT2D eigenvalue weighted by Crippen LogP contribution is 2.28. The van der Waals surface area contributed by atoms with Crippen LogP contribution in [0.4, 0.5) is 0 Å². The molecule has 1 N–H and O–H groups in total. The Morgan fingerprint density at radius 2 is 2.10 bits per heavy atom. The third-order valence-corrected chi connectivity index (χ3v) is 3.73. The van der Waals surface area contributed by atoms with E-state index in [0.29, 0.717) is 6.04 Å². The summed E-state index contributed by atoms with van der Waals surface area (Å²) in [5.74, 6) is 0. The number of aromatic nitrogens is 2. The van der Waals surface area contributed by atoms with Crippen LogP contribution in [0, 0.1) is 6.92 Å². The van der Waals surface area contributed by atoms with E-state index in [1.54, 1.807) is 0 Å². The summed E-state index contributed by atoms with van der Waals surface area (Å²) in [6.45, 7) is 10.1. The van der Waals surface area contributed by atoms with Crippen molar-refractivity contribution in [3.63, 3.8) is 0 Å². The molecule has 2 aromatic rings. The highest BCUT2D eigenvalue weighted by molar-refractivity contribution is 6.31. The number of hydrogen-bond donors (Lipinski definition) is 1. The third-order valence-electron chi connectivity index (χ3n) is 3.38. The molecule has 1 aromatic heterocycles. The number of benzene rings is 1. The molecule has 0 amide bonds. The molecule has 2 rings (SSSR count). The van der Waals surface area contributed by atoms with E-state index in [-0.39, 0.29) is 0 Å². The normalized spacial score (nSPS) is 11.3. The lowest BCUT2D eigenvalue weighted by molar-refractivity contribution is 0.529. The van der Waals surface area contributed by atoms with E-state index in [0.717, 1.165) is 40.5 Å². The molecule has 0 spiro atoms. The van der Waals surface area contributed by atoms with Gasteiger partial charge in [0, 0.05) is 29.4 Å². The van der Waals surface area contributed by atoms with Crippen molar-refractivity contribution in [2.24, 2.45) is 0 Å². The molecule has 0 saturated heterocycles. The van der Waals surface area contributed by atoms with Crippen molar-refractivity contribution in [2.75, 3.05) is 6.54 Å². The average molecular weight is 292 g/mol. The lowest BCUT2D eigenvalue weighted by Crippen LogP contribution is -2.11. The minimum Gasteiger partial charge on any atom is -0.313 e. The molecule has 20 heavy (non-hydrogen) atoms. The summed E-state index contributed by atoms with van der Waals surface area (Å²) < 4.78 is 1.99. The maximum atomic E-state index is 6.37. The maximum Gasteiger partial charge on any atom is 0.0672 e. The van der Waals surface area contributed by atoms with Gasteiger partial charge in [0.05, 0.1) is 5.69 Å². The van der Waals surface area contributed by atoms with Crippen LogP contribution in [0.2, 0.25) is 5.02 Å². The Morgan fingerprint density at radius 1 is 1.35 bits per heavy atom. The Kier molecular flexibility index (Phi) is 4.84. The number of hydrogen-bond acceptors (Lipinski definition) is 2. The van der Waals surface area contributed by atoms with Gasteiger partial charge in [-0.2, -0.15) is 5.10 Å². The molecule has 0 aliphatic carbocycles. The fraction of sp³-hybridized carbons (Fsp3) is 0.438. The molecule has 4 heteroatoms. The Morgan fingerprint density at radius 3 is 2.65 bits per heavy atom. The van der Waals surface area contributed by atoms with Crippen molar-refractivity contribution in [3.05, 3.63) is 40.7 Å². The van der Waals surface area contributed by atoms with Gasteiger partial charge >= 0.3 is 0 Å². The molecule has 0 bridgehead atoms. The van der Waals surface area contributed by atoms with E-state index in [1.807, 2.05) is 17.7 Å². The molecule has 0 aliphatic rings. The molecule has 1 heterocycles. The number of nitrogens with zero attached hydrogens (tertiary/aromatic N) is 2. The second-order valence-electron chi connectivity index (χ2n) is 5.29. The van der Waals surface area contributed by atoms with Gasteiger partial charge in [0.2, 0.25) is 0 Å². The fourth-order valence-electron chi connectivity index (χ4n) is 2.15. The van der Waals surface area contributed by atoms with Gasteiger partial charge in [0.25, 0.3) is 0 Å². The zero-order valence-electron chi connectivity index (χ0n) is 12.6. The van der Waals surface area contributed by atoms with Crippen LogP contribution in [-0.2, 0) is 6.54 Å². The summed E-state index contributed by atoms with van der Waals surface area (Å²) >= 11 is 6.37. The molecule has 1 aromatic carbocycles. The zero-order chi connectivity index (χ0) is 14.7. The van der Waals surface area contributed by atoms with Crippen molar-refractivity contribution in [1.29, 1.82) is 0 Å². The fourth-order valence-corrected chi connectivity index (χ4v) is 2.39. The summed E-state index contributed by atoms with van der Waals surface area (Å²) in [5, 5.41) is 8.65. The summed E-state index contributed by atoms with van der Waals surface area (Å²) in [4.78, 5) is 0. The van der Waals surface area contributed by atoms with Crippen LogP contribution in [0.25, 0.3) is 11.1 Å². The van der Waals surface area contributed by atoms with Crippen LogP contribution >= 0.6 is 11.6 Å². The summed E-state index contributed by atoms with van der Waals surface area (Å²) in [6, 6.07) is 6.61. The van der Waals surface area contributed by atoms with Crippen LogP contribution in [0.15, 0.2) is 24.4 Å². The predicted molar refractivity (Wildman–Crippen MR) is 85.2 cm³/mol. The Hall–Kier alpha value is -1.32. The molecule has 0 atom stereocenters. The molecule has 108 valence electrons. The van der Waals surface area contributed by atoms with Crippen molar-refractivity contribution in [3.8, 4) is 11.1 Å². The van der Waals surface area contributed by atoms with Crippen molar-refractivity contribution in [1.82, 2.24) is 15.1 Å². The topological polar surface area (TPSA) is 29.9 Å². The Balaban J connectivity index is 2.31.